The smallest absolute Gasteiger partial charge is 0.262 e. The van der Waals surface area contributed by atoms with Crippen LogP contribution in [0, 0.1) is 3.57 Å². The number of aromatic nitrogens is 2. The standard InChI is InChI=1S/C18H16IN3O2S/c1-2-22-17(24)14-10-12(19)8-9-15(14)21-18(22)25-11-16(23)20-13-6-4-3-5-7-13/h3-10H,2,11H2,1H3,(H,20,23). The van der Waals surface area contributed by atoms with Gasteiger partial charge in [-0.2, -0.15) is 0 Å². The number of thioether (sulfide) groups is 1. The van der Waals surface area contributed by atoms with Gasteiger partial charge in [-0.05, 0) is 59.8 Å². The molecule has 0 bridgehead atoms. The molecule has 0 saturated carbocycles. The normalized spacial score (nSPS) is 10.8. The van der Waals surface area contributed by atoms with Gasteiger partial charge >= 0.3 is 0 Å². The van der Waals surface area contributed by atoms with Crippen molar-refractivity contribution in [1.29, 1.82) is 0 Å². The van der Waals surface area contributed by atoms with Crippen molar-refractivity contribution < 1.29 is 4.79 Å². The molecule has 3 rings (SSSR count). The molecule has 0 fully saturated rings. The van der Waals surface area contributed by atoms with Crippen LogP contribution in [0.1, 0.15) is 6.92 Å². The molecule has 0 aliphatic carbocycles. The highest BCUT2D eigenvalue weighted by molar-refractivity contribution is 14.1. The summed E-state index contributed by atoms with van der Waals surface area (Å²) in [5.74, 6) is 0.0628. The van der Waals surface area contributed by atoms with Gasteiger partial charge in [0.15, 0.2) is 5.16 Å². The fraction of sp³-hybridized carbons (Fsp3) is 0.167. The molecular weight excluding hydrogens is 449 g/mol. The van der Waals surface area contributed by atoms with Crippen LogP contribution >= 0.6 is 34.4 Å². The Morgan fingerprint density at radius 1 is 1.24 bits per heavy atom. The van der Waals surface area contributed by atoms with Gasteiger partial charge in [-0.25, -0.2) is 4.98 Å². The average molecular weight is 465 g/mol. The zero-order valence-electron chi connectivity index (χ0n) is 13.5. The van der Waals surface area contributed by atoms with Crippen molar-refractivity contribution in [2.75, 3.05) is 11.1 Å². The molecule has 5 nitrogen and oxygen atoms in total. The zero-order chi connectivity index (χ0) is 17.8. The molecule has 25 heavy (non-hydrogen) atoms. The highest BCUT2D eigenvalue weighted by Crippen LogP contribution is 2.19. The number of rotatable bonds is 5. The number of carbonyl (C=O) groups excluding carboxylic acids is 1. The molecule has 1 N–H and O–H groups in total. The van der Waals surface area contributed by atoms with Crippen LogP contribution in [0.25, 0.3) is 10.9 Å². The SMILES string of the molecule is CCn1c(SCC(=O)Nc2ccccc2)nc2ccc(I)cc2c1=O. The van der Waals surface area contributed by atoms with E-state index in [1.807, 2.05) is 55.5 Å². The van der Waals surface area contributed by atoms with Crippen LogP contribution in [0.15, 0.2) is 58.5 Å². The Balaban J connectivity index is 1.82. The first-order valence-corrected chi connectivity index (χ1v) is 9.82. The Morgan fingerprint density at radius 2 is 2.00 bits per heavy atom. The summed E-state index contributed by atoms with van der Waals surface area (Å²) < 4.78 is 2.60. The molecule has 0 aliphatic heterocycles. The van der Waals surface area contributed by atoms with E-state index in [0.717, 1.165) is 9.26 Å². The van der Waals surface area contributed by atoms with E-state index >= 15 is 0 Å². The molecule has 0 radical (unpaired) electrons. The summed E-state index contributed by atoms with van der Waals surface area (Å²) >= 11 is 3.45. The van der Waals surface area contributed by atoms with E-state index < -0.39 is 0 Å². The summed E-state index contributed by atoms with van der Waals surface area (Å²) in [5, 5.41) is 4.00. The number of nitrogens with one attached hydrogen (secondary N) is 1. The topological polar surface area (TPSA) is 64.0 Å². The molecule has 128 valence electrons. The summed E-state index contributed by atoms with van der Waals surface area (Å²) in [6.45, 7) is 2.41. The first-order valence-electron chi connectivity index (χ1n) is 7.76. The van der Waals surface area contributed by atoms with Gasteiger partial charge in [0, 0.05) is 15.8 Å². The van der Waals surface area contributed by atoms with Gasteiger partial charge < -0.3 is 5.32 Å². The van der Waals surface area contributed by atoms with E-state index in [-0.39, 0.29) is 17.2 Å². The van der Waals surface area contributed by atoms with E-state index in [1.165, 1.54) is 11.8 Å². The molecule has 1 heterocycles. The second-order valence-corrected chi connectivity index (χ2v) is 7.50. The van der Waals surface area contributed by atoms with Crippen molar-refractivity contribution in [2.45, 2.75) is 18.6 Å². The molecule has 0 saturated heterocycles. The molecular formula is C18H16IN3O2S. The number of amides is 1. The summed E-state index contributed by atoms with van der Waals surface area (Å²) in [7, 11) is 0. The summed E-state index contributed by atoms with van der Waals surface area (Å²) in [6.07, 6.45) is 0. The molecule has 3 aromatic rings. The molecule has 0 spiro atoms. The number of fused-ring (bicyclic) bond motifs is 1. The number of benzene rings is 2. The average Bonchev–Trinajstić information content (AvgIpc) is 2.61. The number of hydrogen-bond donors (Lipinski definition) is 1. The summed E-state index contributed by atoms with van der Waals surface area (Å²) in [5.41, 5.74) is 1.33. The Labute approximate surface area is 163 Å². The number of carbonyl (C=O) groups is 1. The third-order valence-corrected chi connectivity index (χ3v) is 5.23. The lowest BCUT2D eigenvalue weighted by molar-refractivity contribution is -0.113. The molecule has 2 aromatic carbocycles. The predicted octanol–water partition coefficient (Wildman–Crippen LogP) is 3.75. The van der Waals surface area contributed by atoms with Crippen molar-refractivity contribution >= 4 is 56.9 Å². The number of hydrogen-bond acceptors (Lipinski definition) is 4. The second kappa shape index (κ2) is 8.01. The van der Waals surface area contributed by atoms with Crippen LogP contribution in [-0.4, -0.2) is 21.2 Å². The van der Waals surface area contributed by atoms with Crippen molar-refractivity contribution in [3.63, 3.8) is 0 Å². The van der Waals surface area contributed by atoms with Crippen LogP contribution in [-0.2, 0) is 11.3 Å². The quantitative estimate of drug-likeness (QED) is 0.354. The maximum absolute atomic E-state index is 12.7. The lowest BCUT2D eigenvalue weighted by Gasteiger charge is -2.11. The molecule has 1 amide bonds. The number of anilines is 1. The monoisotopic (exact) mass is 465 g/mol. The van der Waals surface area contributed by atoms with Gasteiger partial charge in [0.25, 0.3) is 5.56 Å². The van der Waals surface area contributed by atoms with Gasteiger partial charge in [-0.15, -0.1) is 0 Å². The van der Waals surface area contributed by atoms with Gasteiger partial charge in [0.05, 0.1) is 16.7 Å². The highest BCUT2D eigenvalue weighted by atomic mass is 127. The van der Waals surface area contributed by atoms with Crippen LogP contribution in [0.5, 0.6) is 0 Å². The lowest BCUT2D eigenvalue weighted by Crippen LogP contribution is -2.23. The van der Waals surface area contributed by atoms with Crippen molar-refractivity contribution in [2.24, 2.45) is 0 Å². The number of para-hydroxylation sites is 1. The van der Waals surface area contributed by atoms with Crippen LogP contribution < -0.4 is 10.9 Å². The fourth-order valence-corrected chi connectivity index (χ4v) is 3.76. The summed E-state index contributed by atoms with van der Waals surface area (Å²) in [4.78, 5) is 29.4. The highest BCUT2D eigenvalue weighted by Gasteiger charge is 2.12. The van der Waals surface area contributed by atoms with Gasteiger partial charge in [0.1, 0.15) is 0 Å². The fourth-order valence-electron chi connectivity index (χ4n) is 2.41. The third kappa shape index (κ3) is 4.21. The zero-order valence-corrected chi connectivity index (χ0v) is 16.5. The first kappa shape index (κ1) is 17.9. The number of nitrogens with zero attached hydrogens (tertiary/aromatic N) is 2. The van der Waals surface area contributed by atoms with Crippen LogP contribution in [0.4, 0.5) is 5.69 Å². The largest absolute Gasteiger partial charge is 0.325 e. The van der Waals surface area contributed by atoms with E-state index in [0.29, 0.717) is 22.6 Å². The second-order valence-electron chi connectivity index (χ2n) is 5.31. The minimum absolute atomic E-state index is 0.0722. The van der Waals surface area contributed by atoms with Gasteiger partial charge in [0.2, 0.25) is 5.91 Å². The Kier molecular flexibility index (Phi) is 5.74. The van der Waals surface area contributed by atoms with E-state index in [4.69, 9.17) is 0 Å². The summed E-state index contributed by atoms with van der Waals surface area (Å²) in [6, 6.07) is 14.9. The first-order chi connectivity index (χ1) is 12.1. The van der Waals surface area contributed by atoms with Gasteiger partial charge in [-0.3, -0.25) is 14.2 Å². The molecule has 0 atom stereocenters. The van der Waals surface area contributed by atoms with E-state index in [1.54, 1.807) is 4.57 Å². The molecule has 1 aromatic heterocycles. The van der Waals surface area contributed by atoms with Crippen LogP contribution in [0.2, 0.25) is 0 Å². The van der Waals surface area contributed by atoms with Crippen molar-refractivity contribution in [3.05, 3.63) is 62.5 Å². The predicted molar refractivity (Wildman–Crippen MR) is 110 cm³/mol. The minimum Gasteiger partial charge on any atom is -0.325 e. The minimum atomic E-state index is -0.129. The van der Waals surface area contributed by atoms with E-state index in [9.17, 15) is 9.59 Å². The Hall–Kier alpha value is -1.87. The molecule has 0 aliphatic rings. The van der Waals surface area contributed by atoms with E-state index in [2.05, 4.69) is 32.9 Å². The maximum atomic E-state index is 12.7. The number of halogens is 1. The molecule has 0 unspecified atom stereocenters. The van der Waals surface area contributed by atoms with Crippen LogP contribution in [0.3, 0.4) is 0 Å². The van der Waals surface area contributed by atoms with Crippen molar-refractivity contribution in [3.8, 4) is 0 Å². The van der Waals surface area contributed by atoms with Crippen molar-refractivity contribution in [1.82, 2.24) is 9.55 Å². The lowest BCUT2D eigenvalue weighted by atomic mass is 10.2. The van der Waals surface area contributed by atoms with Gasteiger partial charge in [-0.1, -0.05) is 30.0 Å². The Morgan fingerprint density at radius 3 is 2.72 bits per heavy atom. The third-order valence-electron chi connectivity index (χ3n) is 3.59. The Bertz CT molecular complexity index is 973. The molecule has 7 heteroatoms. The maximum Gasteiger partial charge on any atom is 0.262 e.